The lowest BCUT2D eigenvalue weighted by molar-refractivity contribution is -0.129. The number of aromatic nitrogens is 7. The van der Waals surface area contributed by atoms with Gasteiger partial charge >= 0.3 is 0 Å². The van der Waals surface area contributed by atoms with Gasteiger partial charge in [0, 0.05) is 146 Å². The first-order chi connectivity index (χ1) is 63.1. The molecule has 6 atom stereocenters. The van der Waals surface area contributed by atoms with Gasteiger partial charge in [-0.15, -0.1) is 0 Å². The molecule has 133 heavy (non-hydrogen) atoms. The predicted molar refractivity (Wildman–Crippen MR) is 513 cm³/mol. The number of anilines is 4. The number of piperazine rings is 3. The Hall–Kier alpha value is -12.3. The Kier molecular flexibility index (Phi) is 25.6. The highest BCUT2D eigenvalue weighted by molar-refractivity contribution is 6.45. The van der Waals surface area contributed by atoms with Crippen LogP contribution in [0, 0.1) is 49.9 Å². The number of ether oxygens (including phenoxy) is 1. The van der Waals surface area contributed by atoms with E-state index in [2.05, 4.69) is 44.9 Å². The predicted octanol–water partition coefficient (Wildman–Crippen LogP) is 19.7. The number of nitrogens with zero attached hydrogens (tertiary/aromatic N) is 13. The smallest absolute Gasteiger partial charge is 0.300 e. The topological polar surface area (TPSA) is 270 Å². The zero-order valence-corrected chi connectivity index (χ0v) is 78.8. The Bertz CT molecular complexity index is 6910. The van der Waals surface area contributed by atoms with Crippen LogP contribution in [-0.4, -0.2) is 170 Å². The molecule has 0 aliphatic carbocycles. The van der Waals surface area contributed by atoms with Crippen molar-refractivity contribution in [3.8, 4) is 73.6 Å². The molecule has 6 unspecified atom stereocenters. The molecule has 0 bridgehead atoms. The summed E-state index contributed by atoms with van der Waals surface area (Å²) in [6.07, 6.45) is 9.13. The normalized spacial score (nSPS) is 17.8. The lowest BCUT2D eigenvalue weighted by Crippen LogP contribution is -2.62. The lowest BCUT2D eigenvalue weighted by Gasteiger charge is -2.49. The maximum atomic E-state index is 17.2. The van der Waals surface area contributed by atoms with Crippen molar-refractivity contribution in [3.05, 3.63) is 259 Å². The summed E-state index contributed by atoms with van der Waals surface area (Å²) in [6.45, 7) is 36.1. The van der Waals surface area contributed by atoms with E-state index in [1.165, 1.54) is 68.3 Å². The first kappa shape index (κ1) is 94.0. The van der Waals surface area contributed by atoms with E-state index < -0.39 is 57.4 Å². The Morgan fingerprint density at radius 1 is 0.474 bits per heavy atom. The molecule has 4 N–H and O–H groups in total. The molecule has 18 rings (SSSR count). The second-order valence-corrected chi connectivity index (χ2v) is 37.4. The summed E-state index contributed by atoms with van der Waals surface area (Å²) in [7, 11) is 0. The summed E-state index contributed by atoms with van der Waals surface area (Å²) in [5, 5.41) is 34.3. The van der Waals surface area contributed by atoms with Crippen LogP contribution >= 0.6 is 69.6 Å². The van der Waals surface area contributed by atoms with Crippen molar-refractivity contribution in [2.75, 3.05) is 72.4 Å². The van der Waals surface area contributed by atoms with Crippen molar-refractivity contribution in [1.82, 2.24) is 48.3 Å². The fourth-order valence-electron chi connectivity index (χ4n) is 19.4. The number of benzene rings is 5. The van der Waals surface area contributed by atoms with Crippen LogP contribution < -0.4 is 41.4 Å². The number of carbonyl (C=O) groups is 3. The van der Waals surface area contributed by atoms with Gasteiger partial charge in [0.05, 0.1) is 122 Å². The molecule has 690 valence electrons. The molecule has 24 nitrogen and oxygen atoms in total. The fraction of sp³-hybridized carbons (Fsp3) is 0.306. The van der Waals surface area contributed by atoms with Crippen LogP contribution in [0.15, 0.2) is 144 Å². The minimum absolute atomic E-state index is 0.0256. The zero-order chi connectivity index (χ0) is 95.9. The number of fused-ring (bicyclic) bond motifs is 15. The largest absolute Gasteiger partial charge is 0.508 e. The Balaban J connectivity index is 0.000000145. The zero-order valence-electron chi connectivity index (χ0n) is 74.2. The molecule has 3 fully saturated rings. The van der Waals surface area contributed by atoms with Gasteiger partial charge in [-0.2, -0.15) is 0 Å². The average molecular weight is 1930 g/mol. The van der Waals surface area contributed by atoms with Crippen LogP contribution in [0.25, 0.3) is 83.4 Å². The van der Waals surface area contributed by atoms with Crippen molar-refractivity contribution < 1.29 is 56.4 Å². The van der Waals surface area contributed by atoms with Crippen LogP contribution in [0.2, 0.25) is 30.1 Å². The number of carbonyl (C=O) groups excluding carboxylic acids is 3. The van der Waals surface area contributed by atoms with Gasteiger partial charge in [-0.25, -0.2) is 26.9 Å². The monoisotopic (exact) mass is 1930 g/mol. The van der Waals surface area contributed by atoms with Gasteiger partial charge in [0.15, 0.2) is 11.6 Å². The van der Waals surface area contributed by atoms with Crippen molar-refractivity contribution in [3.63, 3.8) is 0 Å². The van der Waals surface area contributed by atoms with Gasteiger partial charge in [-0.1, -0.05) is 131 Å². The molecule has 12 aromatic rings. The van der Waals surface area contributed by atoms with E-state index in [0.717, 1.165) is 23.8 Å². The number of rotatable bonds is 12. The van der Waals surface area contributed by atoms with E-state index in [1.807, 2.05) is 85.1 Å². The lowest BCUT2D eigenvalue weighted by atomic mass is 9.96. The summed E-state index contributed by atoms with van der Waals surface area (Å²) in [6, 6.07) is 14.5. The van der Waals surface area contributed by atoms with Crippen LogP contribution in [0.5, 0.6) is 23.0 Å². The van der Waals surface area contributed by atoms with Gasteiger partial charge in [0.1, 0.15) is 58.3 Å². The van der Waals surface area contributed by atoms with Crippen molar-refractivity contribution >= 4 is 143 Å². The highest BCUT2D eigenvalue weighted by atomic mass is 35.5. The molecular weight excluding hydrogens is 1840 g/mol. The van der Waals surface area contributed by atoms with E-state index in [-0.39, 0.29) is 205 Å². The van der Waals surface area contributed by atoms with E-state index >= 15 is 22.0 Å². The number of nitrogens with one attached hydrogen (secondary N) is 1. The highest BCUT2D eigenvalue weighted by Gasteiger charge is 2.47. The van der Waals surface area contributed by atoms with Crippen LogP contribution in [-0.2, 0) is 20.8 Å². The Labute approximate surface area is 790 Å². The second-order valence-electron chi connectivity index (χ2n) is 35.1. The molecule has 3 saturated heterocycles. The minimum atomic E-state index is -1.08. The molecule has 6 aliphatic heterocycles. The van der Waals surface area contributed by atoms with Crippen LogP contribution in [0.1, 0.15) is 119 Å². The van der Waals surface area contributed by atoms with Gasteiger partial charge < -0.3 is 54.8 Å². The number of phenols is 3. The fourth-order valence-corrected chi connectivity index (χ4v) is 20.6. The highest BCUT2D eigenvalue weighted by Crippen LogP contribution is 2.52. The third-order valence-corrected chi connectivity index (χ3v) is 27.9. The number of aryl methyl sites for hydroxylation is 3. The molecule has 0 spiro atoms. The maximum Gasteiger partial charge on any atom is 0.300 e. The van der Waals surface area contributed by atoms with Crippen molar-refractivity contribution in [2.45, 2.75) is 144 Å². The molecule has 13 heterocycles. The van der Waals surface area contributed by atoms with E-state index in [1.54, 1.807) is 59.3 Å². The standard InChI is InChI=1S/C33H31Cl2F2N5O3.C33H30Cl2F2N4O4.C32H30Cl2FN5O3/c1-6-24(44)40-14-18-12-39-29-32(41(18)13-17(40)5)21-11-23(36)25(20-9-19(43)10-22(34)26(20)35)27(37)31(21)42(33(29)45)30-16(4)7-8-38-28(30)15(2)3;1-6-24(43)39-13-18-14-45-32-31(40(18)12-17(39)5)21-11-23(36)25(20-9-19(42)10-22(34)26(20)35)27(37)30(21)41(33(32)44)29-16(4)7-8-38-28(29)15(2)3;1-6-25(42)38-14-18-9-22-30(39(18)13-17(38)5)21-12-24(35)28(20-10-19(41)11-23(33)26(20)34)37-31(21)40(32(22)43)29-16(4)7-8-36-27(29)15(2)3/h6-11,15,17-18,39,43H,1,12-14H2,2-5H3;6-11,15,17-18,42H,1,12-14H2,2-5H3;6-8,10-12,15,17-18,41H,1,9,13-14H2,2-5H3. The molecule has 5 aromatic carbocycles. The molecular formula is C98H91Cl6F5N14O10. The third-order valence-electron chi connectivity index (χ3n) is 25.5. The molecule has 3 amide bonds. The Morgan fingerprint density at radius 2 is 0.857 bits per heavy atom. The van der Waals surface area contributed by atoms with Gasteiger partial charge in [0.25, 0.3) is 16.7 Å². The number of aromatic hydroxyl groups is 3. The number of phenolic OH excluding ortho intramolecular Hbond substituents is 3. The summed E-state index contributed by atoms with van der Waals surface area (Å²) in [4.78, 5) is 111. The molecule has 35 heteroatoms. The quantitative estimate of drug-likeness (QED) is 0.0654. The summed E-state index contributed by atoms with van der Waals surface area (Å²) >= 11 is 38.0. The SMILES string of the molecule is C=CC(=O)N1CC2CNc3c(c4cc(F)c(-c5cc(O)cc(Cl)c5Cl)c(F)c4n(-c4c(C)ccnc4C(C)C)c3=O)N2CC1C.C=CC(=O)N1CC2COc3c(c4cc(F)c(-c5cc(O)cc(Cl)c5Cl)c(F)c4n(-c4c(C)ccnc4C(C)C)c3=O)N2CC1C.C=CC(=O)N1CC2Cc3c(c4cc(F)c(-c5cc(O)cc(Cl)c5Cl)nc4n(-c4c(C)ccnc4C(C)C)c3=O)N2CC1C. The summed E-state index contributed by atoms with van der Waals surface area (Å²) < 4.78 is 93.2. The minimum Gasteiger partial charge on any atom is -0.508 e. The van der Waals surface area contributed by atoms with E-state index in [4.69, 9.17) is 79.3 Å². The van der Waals surface area contributed by atoms with Gasteiger partial charge in [0.2, 0.25) is 23.5 Å². The average Bonchev–Trinajstić information content (AvgIpc) is 1.44. The molecule has 7 aromatic heterocycles. The summed E-state index contributed by atoms with van der Waals surface area (Å²) in [5.41, 5.74) is 3.99. The van der Waals surface area contributed by atoms with Gasteiger partial charge in [-0.3, -0.25) is 57.4 Å². The number of hydrogen-bond acceptors (Lipinski definition) is 18. The van der Waals surface area contributed by atoms with Gasteiger partial charge in [-0.05, 0) is 149 Å². The second kappa shape index (κ2) is 36.3. The number of halogens is 11. The van der Waals surface area contributed by atoms with E-state index in [0.29, 0.717) is 107 Å². The number of amides is 3. The van der Waals surface area contributed by atoms with E-state index in [9.17, 15) is 44.1 Å². The van der Waals surface area contributed by atoms with Crippen LogP contribution in [0.4, 0.5) is 44.7 Å². The number of pyridine rings is 7. The van der Waals surface area contributed by atoms with Crippen LogP contribution in [0.3, 0.4) is 0 Å². The Morgan fingerprint density at radius 3 is 1.30 bits per heavy atom. The molecule has 0 radical (unpaired) electrons. The van der Waals surface area contributed by atoms with Crippen molar-refractivity contribution in [1.29, 1.82) is 0 Å². The molecule has 6 aliphatic rings. The summed E-state index contributed by atoms with van der Waals surface area (Å²) in [5.74, 6) is -6.68. The first-order valence-electron chi connectivity index (χ1n) is 43.0. The first-order valence-corrected chi connectivity index (χ1v) is 45.3. The van der Waals surface area contributed by atoms with Crippen molar-refractivity contribution in [2.24, 2.45) is 0 Å². The number of hydrogen-bond donors (Lipinski definition) is 4. The maximum absolute atomic E-state index is 17.2. The third kappa shape index (κ3) is 16.0. The molecule has 0 saturated carbocycles.